The highest BCUT2D eigenvalue weighted by Gasteiger charge is 2.32. The summed E-state index contributed by atoms with van der Waals surface area (Å²) < 4.78 is 0. The summed E-state index contributed by atoms with van der Waals surface area (Å²) in [7, 11) is 0. The van der Waals surface area contributed by atoms with Crippen molar-refractivity contribution in [3.05, 3.63) is 68.8 Å². The van der Waals surface area contributed by atoms with Crippen molar-refractivity contribution in [1.29, 1.82) is 0 Å². The molecule has 1 aliphatic carbocycles. The highest BCUT2D eigenvalue weighted by molar-refractivity contribution is 6.29. The van der Waals surface area contributed by atoms with Crippen LogP contribution in [0.4, 0.5) is 0 Å². The summed E-state index contributed by atoms with van der Waals surface area (Å²) >= 11 is 0. The van der Waals surface area contributed by atoms with E-state index in [1.165, 1.54) is 0 Å². The molecule has 1 aliphatic rings. The number of fused-ring (bicyclic) bond motifs is 2. The Labute approximate surface area is 118 Å². The van der Waals surface area contributed by atoms with Crippen LogP contribution in [0, 0.1) is 27.7 Å². The van der Waals surface area contributed by atoms with Crippen LogP contribution in [0.25, 0.3) is 0 Å². The van der Waals surface area contributed by atoms with E-state index < -0.39 is 0 Å². The van der Waals surface area contributed by atoms with Gasteiger partial charge in [0.05, 0.1) is 0 Å². The molecule has 20 heavy (non-hydrogen) atoms. The Hall–Kier alpha value is -2.22. The van der Waals surface area contributed by atoms with Gasteiger partial charge in [0.1, 0.15) is 0 Å². The summed E-state index contributed by atoms with van der Waals surface area (Å²) in [5.41, 5.74) is 6.01. The molecule has 0 fully saturated rings. The smallest absolute Gasteiger partial charge is 0.195 e. The lowest BCUT2D eigenvalue weighted by molar-refractivity contribution is 0.0978. The highest BCUT2D eigenvalue weighted by Crippen LogP contribution is 2.32. The SMILES string of the molecule is Cc1cc(C)c2c(c1)C(=O)c1cc(C)cc(C)c1C2=O. The van der Waals surface area contributed by atoms with Crippen LogP contribution in [-0.4, -0.2) is 11.6 Å². The van der Waals surface area contributed by atoms with Gasteiger partial charge in [0, 0.05) is 22.3 Å². The summed E-state index contributed by atoms with van der Waals surface area (Å²) in [5.74, 6) is -0.0576. The van der Waals surface area contributed by atoms with Crippen LogP contribution in [0.15, 0.2) is 24.3 Å². The minimum atomic E-state index is -0.0341. The van der Waals surface area contributed by atoms with Crippen molar-refractivity contribution in [3.8, 4) is 0 Å². The number of carbonyl (C=O) groups excluding carboxylic acids is 2. The van der Waals surface area contributed by atoms with E-state index in [1.54, 1.807) is 0 Å². The molecule has 2 nitrogen and oxygen atoms in total. The number of carbonyl (C=O) groups is 2. The third-order valence-corrected chi connectivity index (χ3v) is 3.90. The number of aryl methyl sites for hydroxylation is 4. The summed E-state index contributed by atoms with van der Waals surface area (Å²) in [6.07, 6.45) is 0. The topological polar surface area (TPSA) is 34.1 Å². The van der Waals surface area contributed by atoms with Crippen LogP contribution >= 0.6 is 0 Å². The molecule has 2 aromatic rings. The molecule has 0 amide bonds. The summed E-state index contributed by atoms with van der Waals surface area (Å²) in [4.78, 5) is 25.5. The van der Waals surface area contributed by atoms with E-state index in [0.717, 1.165) is 22.3 Å². The fourth-order valence-corrected chi connectivity index (χ4v) is 3.17. The second-order valence-corrected chi connectivity index (χ2v) is 5.67. The third-order valence-electron chi connectivity index (χ3n) is 3.90. The zero-order chi connectivity index (χ0) is 14.6. The largest absolute Gasteiger partial charge is 0.289 e. The molecule has 0 heterocycles. The molecule has 0 unspecified atom stereocenters. The zero-order valence-electron chi connectivity index (χ0n) is 12.1. The van der Waals surface area contributed by atoms with Crippen molar-refractivity contribution in [2.45, 2.75) is 27.7 Å². The molecule has 0 atom stereocenters. The lowest BCUT2D eigenvalue weighted by atomic mass is 9.79. The van der Waals surface area contributed by atoms with Crippen LogP contribution in [0.1, 0.15) is 54.1 Å². The van der Waals surface area contributed by atoms with E-state index in [1.807, 2.05) is 52.0 Å². The fourth-order valence-electron chi connectivity index (χ4n) is 3.17. The molecule has 0 spiro atoms. The average molecular weight is 264 g/mol. The van der Waals surface area contributed by atoms with Crippen molar-refractivity contribution < 1.29 is 9.59 Å². The Bertz CT molecular complexity index is 719. The van der Waals surface area contributed by atoms with E-state index >= 15 is 0 Å². The van der Waals surface area contributed by atoms with Crippen LogP contribution in [0.2, 0.25) is 0 Å². The second-order valence-electron chi connectivity index (χ2n) is 5.67. The number of ketones is 2. The predicted octanol–water partition coefficient (Wildman–Crippen LogP) is 3.70. The molecule has 0 radical (unpaired) electrons. The Balaban J connectivity index is 2.40. The molecular formula is C18H16O2. The second kappa shape index (κ2) is 4.14. The summed E-state index contributed by atoms with van der Waals surface area (Å²) in [5, 5.41) is 0. The number of benzene rings is 2. The van der Waals surface area contributed by atoms with Crippen LogP contribution < -0.4 is 0 Å². The van der Waals surface area contributed by atoms with Crippen molar-refractivity contribution in [1.82, 2.24) is 0 Å². The third kappa shape index (κ3) is 1.64. The maximum Gasteiger partial charge on any atom is 0.195 e. The Morgan fingerprint density at radius 3 is 1.40 bits per heavy atom. The standard InChI is InChI=1S/C18H16O2/c1-9-5-11(3)15-13(7-9)17(19)14-8-10(2)6-12(4)16(14)18(15)20/h5-8H,1-4H3. The van der Waals surface area contributed by atoms with Crippen molar-refractivity contribution in [2.24, 2.45) is 0 Å². The number of hydrogen-bond acceptors (Lipinski definition) is 2. The first-order valence-corrected chi connectivity index (χ1v) is 6.72. The predicted molar refractivity (Wildman–Crippen MR) is 78.7 cm³/mol. The zero-order valence-corrected chi connectivity index (χ0v) is 12.1. The molecule has 2 heteroatoms. The molecule has 0 bridgehead atoms. The maximum absolute atomic E-state index is 12.8. The molecule has 3 rings (SSSR count). The van der Waals surface area contributed by atoms with Gasteiger partial charge >= 0.3 is 0 Å². The van der Waals surface area contributed by atoms with Gasteiger partial charge in [-0.25, -0.2) is 0 Å². The van der Waals surface area contributed by atoms with E-state index in [-0.39, 0.29) is 11.6 Å². The molecule has 0 aliphatic heterocycles. The summed E-state index contributed by atoms with van der Waals surface area (Å²) in [6, 6.07) is 7.56. The first-order chi connectivity index (χ1) is 9.40. The highest BCUT2D eigenvalue weighted by atomic mass is 16.1. The quantitative estimate of drug-likeness (QED) is 0.620. The Morgan fingerprint density at radius 2 is 1.00 bits per heavy atom. The van der Waals surface area contributed by atoms with Gasteiger partial charge in [-0.2, -0.15) is 0 Å². The Morgan fingerprint density at radius 1 is 0.600 bits per heavy atom. The van der Waals surface area contributed by atoms with Gasteiger partial charge in [-0.15, -0.1) is 0 Å². The van der Waals surface area contributed by atoms with Crippen LogP contribution in [-0.2, 0) is 0 Å². The van der Waals surface area contributed by atoms with E-state index in [4.69, 9.17) is 0 Å². The molecule has 100 valence electrons. The number of rotatable bonds is 0. The molecular weight excluding hydrogens is 248 g/mol. The van der Waals surface area contributed by atoms with Crippen molar-refractivity contribution >= 4 is 11.6 Å². The number of hydrogen-bond donors (Lipinski definition) is 0. The van der Waals surface area contributed by atoms with Crippen molar-refractivity contribution in [2.75, 3.05) is 0 Å². The fraction of sp³-hybridized carbons (Fsp3) is 0.222. The molecule has 0 saturated carbocycles. The normalized spacial score (nSPS) is 13.2. The average Bonchev–Trinajstić information content (AvgIpc) is 2.34. The first kappa shape index (κ1) is 12.8. The van der Waals surface area contributed by atoms with Gasteiger partial charge in [-0.1, -0.05) is 23.3 Å². The van der Waals surface area contributed by atoms with Gasteiger partial charge in [0.15, 0.2) is 11.6 Å². The minimum Gasteiger partial charge on any atom is -0.289 e. The van der Waals surface area contributed by atoms with E-state index in [0.29, 0.717) is 22.3 Å². The van der Waals surface area contributed by atoms with Gasteiger partial charge in [0.2, 0.25) is 0 Å². The van der Waals surface area contributed by atoms with Crippen LogP contribution in [0.5, 0.6) is 0 Å². The molecule has 0 saturated heterocycles. The molecule has 0 N–H and O–H groups in total. The van der Waals surface area contributed by atoms with Crippen LogP contribution in [0.3, 0.4) is 0 Å². The van der Waals surface area contributed by atoms with Gasteiger partial charge in [0.25, 0.3) is 0 Å². The lowest BCUT2D eigenvalue weighted by Crippen LogP contribution is -2.23. The Kier molecular flexibility index (Phi) is 2.65. The maximum atomic E-state index is 12.8. The molecule has 0 aromatic heterocycles. The summed E-state index contributed by atoms with van der Waals surface area (Å²) in [6.45, 7) is 7.68. The monoisotopic (exact) mass is 264 g/mol. The first-order valence-electron chi connectivity index (χ1n) is 6.72. The van der Waals surface area contributed by atoms with Crippen molar-refractivity contribution in [3.63, 3.8) is 0 Å². The van der Waals surface area contributed by atoms with E-state index in [2.05, 4.69) is 0 Å². The lowest BCUT2D eigenvalue weighted by Gasteiger charge is -2.22. The van der Waals surface area contributed by atoms with Gasteiger partial charge < -0.3 is 0 Å². The van der Waals surface area contributed by atoms with Gasteiger partial charge in [-0.05, 0) is 51.0 Å². The van der Waals surface area contributed by atoms with E-state index in [9.17, 15) is 9.59 Å². The minimum absolute atomic E-state index is 0.0235. The molecule has 2 aromatic carbocycles. The van der Waals surface area contributed by atoms with Gasteiger partial charge in [-0.3, -0.25) is 9.59 Å².